The van der Waals surface area contributed by atoms with E-state index >= 15 is 0 Å². The molecule has 0 atom stereocenters. The average Bonchev–Trinajstić information content (AvgIpc) is 2.62. The normalized spacial score (nSPS) is 20.3. The lowest BCUT2D eigenvalue weighted by Gasteiger charge is -2.39. The van der Waals surface area contributed by atoms with Crippen molar-refractivity contribution in [2.75, 3.05) is 40.0 Å². The lowest BCUT2D eigenvalue weighted by atomic mass is 9.73. The molecule has 1 fully saturated rings. The topological polar surface area (TPSA) is 54.9 Å². The summed E-state index contributed by atoms with van der Waals surface area (Å²) in [6.45, 7) is 4.14. The maximum absolute atomic E-state index is 6.26. The van der Waals surface area contributed by atoms with Crippen molar-refractivity contribution in [3.8, 4) is 5.75 Å². The molecule has 2 aliphatic rings. The van der Waals surface area contributed by atoms with Gasteiger partial charge in [0.1, 0.15) is 5.75 Å². The smallest absolute Gasteiger partial charge is 0.191 e. The highest BCUT2D eigenvalue weighted by Gasteiger charge is 2.37. The minimum Gasteiger partial charge on any atom is -0.496 e. The van der Waals surface area contributed by atoms with Gasteiger partial charge in [-0.15, -0.1) is 0 Å². The Bertz CT molecular complexity index is 571. The van der Waals surface area contributed by atoms with Crippen LogP contribution in [0.15, 0.2) is 23.2 Å². The molecule has 1 saturated heterocycles. The van der Waals surface area contributed by atoms with Crippen molar-refractivity contribution in [1.82, 2.24) is 10.6 Å². The van der Waals surface area contributed by atoms with Crippen LogP contribution in [0.4, 0.5) is 0 Å². The molecule has 5 nitrogen and oxygen atoms in total. The van der Waals surface area contributed by atoms with Gasteiger partial charge in [0.05, 0.1) is 7.11 Å². The second-order valence-corrected chi connectivity index (χ2v) is 6.54. The van der Waals surface area contributed by atoms with Gasteiger partial charge in [-0.3, -0.25) is 4.99 Å². The van der Waals surface area contributed by atoms with Gasteiger partial charge in [0.2, 0.25) is 0 Å². The van der Waals surface area contributed by atoms with Gasteiger partial charge in [0, 0.05) is 48.8 Å². The SMILES string of the molecule is COc1ccc(Cl)cc1C1(CNC2=NCCCN2)CCOCC1. The van der Waals surface area contributed by atoms with Crippen LogP contribution in [0.25, 0.3) is 0 Å². The van der Waals surface area contributed by atoms with Gasteiger partial charge in [-0.25, -0.2) is 0 Å². The first-order chi connectivity index (χ1) is 11.2. The molecule has 0 bridgehead atoms. The number of rotatable bonds is 4. The summed E-state index contributed by atoms with van der Waals surface area (Å²) in [4.78, 5) is 4.50. The first-order valence-electron chi connectivity index (χ1n) is 8.17. The summed E-state index contributed by atoms with van der Waals surface area (Å²) in [5.41, 5.74) is 1.09. The lowest BCUT2D eigenvalue weighted by molar-refractivity contribution is 0.0505. The van der Waals surface area contributed by atoms with Crippen molar-refractivity contribution < 1.29 is 9.47 Å². The molecule has 0 aromatic heterocycles. The van der Waals surface area contributed by atoms with Crippen molar-refractivity contribution in [3.05, 3.63) is 28.8 Å². The van der Waals surface area contributed by atoms with Crippen LogP contribution in [0.5, 0.6) is 5.75 Å². The Morgan fingerprint density at radius 1 is 1.39 bits per heavy atom. The maximum atomic E-state index is 6.26. The number of nitrogens with one attached hydrogen (secondary N) is 2. The van der Waals surface area contributed by atoms with Crippen LogP contribution in [0.3, 0.4) is 0 Å². The molecule has 2 aliphatic heterocycles. The molecular formula is C17H24ClN3O2. The third-order valence-corrected chi connectivity index (χ3v) is 4.91. The molecule has 23 heavy (non-hydrogen) atoms. The van der Waals surface area contributed by atoms with Crippen molar-refractivity contribution in [2.45, 2.75) is 24.7 Å². The zero-order chi connectivity index (χ0) is 16.1. The van der Waals surface area contributed by atoms with Gasteiger partial charge >= 0.3 is 0 Å². The van der Waals surface area contributed by atoms with Crippen LogP contribution in [-0.4, -0.2) is 45.9 Å². The molecule has 3 rings (SSSR count). The second-order valence-electron chi connectivity index (χ2n) is 6.10. The highest BCUT2D eigenvalue weighted by molar-refractivity contribution is 6.30. The number of ether oxygens (including phenoxy) is 2. The van der Waals surface area contributed by atoms with Gasteiger partial charge in [0.25, 0.3) is 0 Å². The summed E-state index contributed by atoms with van der Waals surface area (Å²) < 4.78 is 11.2. The van der Waals surface area contributed by atoms with E-state index in [0.717, 1.165) is 74.4 Å². The number of guanidine groups is 1. The Balaban J connectivity index is 1.87. The molecule has 0 unspecified atom stereocenters. The number of hydrogen-bond donors (Lipinski definition) is 2. The van der Waals surface area contributed by atoms with E-state index in [9.17, 15) is 0 Å². The molecule has 1 aromatic carbocycles. The molecule has 6 heteroatoms. The van der Waals surface area contributed by atoms with Crippen LogP contribution in [0.2, 0.25) is 5.02 Å². The van der Waals surface area contributed by atoms with Gasteiger partial charge in [-0.2, -0.15) is 0 Å². The number of benzene rings is 1. The highest BCUT2D eigenvalue weighted by Crippen LogP contribution is 2.40. The second kappa shape index (κ2) is 7.41. The van der Waals surface area contributed by atoms with Crippen molar-refractivity contribution in [1.29, 1.82) is 0 Å². The third kappa shape index (κ3) is 3.72. The molecule has 0 aliphatic carbocycles. The standard InChI is InChI=1S/C17H24ClN3O2/c1-22-15-4-3-13(18)11-14(15)17(5-9-23-10-6-17)12-21-16-19-7-2-8-20-16/h3-4,11H,2,5-10,12H2,1H3,(H2,19,20,21). The van der Waals surface area contributed by atoms with E-state index in [1.807, 2.05) is 18.2 Å². The number of halogens is 1. The summed E-state index contributed by atoms with van der Waals surface area (Å²) in [7, 11) is 1.71. The fraction of sp³-hybridized carbons (Fsp3) is 0.588. The van der Waals surface area contributed by atoms with Crippen LogP contribution in [0.1, 0.15) is 24.8 Å². The largest absolute Gasteiger partial charge is 0.496 e. The summed E-state index contributed by atoms with van der Waals surface area (Å²) in [5.74, 6) is 1.78. The zero-order valence-electron chi connectivity index (χ0n) is 13.5. The quantitative estimate of drug-likeness (QED) is 0.885. The van der Waals surface area contributed by atoms with Crippen LogP contribution in [-0.2, 0) is 10.2 Å². The zero-order valence-corrected chi connectivity index (χ0v) is 14.3. The highest BCUT2D eigenvalue weighted by atomic mass is 35.5. The van der Waals surface area contributed by atoms with E-state index in [-0.39, 0.29) is 5.41 Å². The molecule has 0 radical (unpaired) electrons. The van der Waals surface area contributed by atoms with Crippen LogP contribution >= 0.6 is 11.6 Å². The van der Waals surface area contributed by atoms with Crippen molar-refractivity contribution in [3.63, 3.8) is 0 Å². The molecule has 2 heterocycles. The number of nitrogens with zero attached hydrogens (tertiary/aromatic N) is 1. The van der Waals surface area contributed by atoms with Gasteiger partial charge in [-0.1, -0.05) is 11.6 Å². The summed E-state index contributed by atoms with van der Waals surface area (Å²) in [6, 6.07) is 5.85. The van der Waals surface area contributed by atoms with E-state index in [1.165, 1.54) is 0 Å². The minimum atomic E-state index is -0.0594. The summed E-state index contributed by atoms with van der Waals surface area (Å²) in [5, 5.41) is 7.54. The fourth-order valence-corrected chi connectivity index (χ4v) is 3.47. The third-order valence-electron chi connectivity index (χ3n) is 4.67. The summed E-state index contributed by atoms with van der Waals surface area (Å²) in [6.07, 6.45) is 2.96. The van der Waals surface area contributed by atoms with Gasteiger partial charge in [0.15, 0.2) is 5.96 Å². The van der Waals surface area contributed by atoms with E-state index in [0.29, 0.717) is 0 Å². The van der Waals surface area contributed by atoms with E-state index < -0.39 is 0 Å². The Morgan fingerprint density at radius 3 is 2.91 bits per heavy atom. The Hall–Kier alpha value is -1.46. The predicted octanol–water partition coefficient (Wildman–Crippen LogP) is 2.34. The first kappa shape index (κ1) is 16.4. The number of methoxy groups -OCH3 is 1. The monoisotopic (exact) mass is 337 g/mol. The Morgan fingerprint density at radius 2 is 2.22 bits per heavy atom. The van der Waals surface area contributed by atoms with Crippen LogP contribution < -0.4 is 15.4 Å². The summed E-state index contributed by atoms with van der Waals surface area (Å²) >= 11 is 6.26. The molecule has 0 spiro atoms. The average molecular weight is 338 g/mol. The Kier molecular flexibility index (Phi) is 5.28. The molecule has 0 saturated carbocycles. The fourth-order valence-electron chi connectivity index (χ4n) is 3.30. The predicted molar refractivity (Wildman–Crippen MR) is 92.7 cm³/mol. The number of aliphatic imine (C=N–C) groups is 1. The van der Waals surface area contributed by atoms with Gasteiger partial charge in [-0.05, 0) is 37.5 Å². The number of hydrogen-bond acceptors (Lipinski definition) is 5. The van der Waals surface area contributed by atoms with Crippen LogP contribution in [0, 0.1) is 0 Å². The van der Waals surface area contributed by atoms with E-state index in [1.54, 1.807) is 7.11 Å². The van der Waals surface area contributed by atoms with Crippen molar-refractivity contribution in [2.24, 2.45) is 4.99 Å². The molecule has 2 N–H and O–H groups in total. The molecule has 1 aromatic rings. The van der Waals surface area contributed by atoms with E-state index in [2.05, 4.69) is 15.6 Å². The lowest BCUT2D eigenvalue weighted by Crippen LogP contribution is -2.49. The molecular weight excluding hydrogens is 314 g/mol. The molecule has 0 amide bonds. The van der Waals surface area contributed by atoms with Gasteiger partial charge < -0.3 is 20.1 Å². The van der Waals surface area contributed by atoms with Crippen molar-refractivity contribution >= 4 is 17.6 Å². The molecule has 126 valence electrons. The minimum absolute atomic E-state index is 0.0594. The Labute approximate surface area is 142 Å². The first-order valence-corrected chi connectivity index (χ1v) is 8.55. The maximum Gasteiger partial charge on any atom is 0.191 e. The van der Waals surface area contributed by atoms with E-state index in [4.69, 9.17) is 21.1 Å².